The first-order chi connectivity index (χ1) is 14.4. The molecule has 0 aromatic heterocycles. The molecule has 0 saturated carbocycles. The van der Waals surface area contributed by atoms with Crippen molar-refractivity contribution in [3.05, 3.63) is 108 Å². The Hall–Kier alpha value is -1.23. The van der Waals surface area contributed by atoms with E-state index in [0.717, 1.165) is 19.6 Å². The molecule has 0 aliphatic carbocycles. The Morgan fingerprint density at radius 3 is 0.903 bits per heavy atom. The maximum atomic E-state index is 3.16. The van der Waals surface area contributed by atoms with Crippen molar-refractivity contribution in [1.29, 1.82) is 0 Å². The summed E-state index contributed by atoms with van der Waals surface area (Å²) in [6.45, 7) is 2.92. The number of benzene rings is 3. The first-order valence-electron chi connectivity index (χ1n) is 10.2. The van der Waals surface area contributed by atoms with Crippen LogP contribution in [0.25, 0.3) is 0 Å². The molecule has 0 saturated heterocycles. The quantitative estimate of drug-likeness (QED) is 0.396. The molecule has 0 aliphatic heterocycles. The Morgan fingerprint density at radius 1 is 0.484 bits per heavy atom. The van der Waals surface area contributed by atoms with Gasteiger partial charge in [0.2, 0.25) is 0 Å². The van der Waals surface area contributed by atoms with Gasteiger partial charge in [-0.15, -0.1) is 16.7 Å². The Bertz CT molecular complexity index is 652. The van der Waals surface area contributed by atoms with Crippen LogP contribution < -0.4 is 0 Å². The van der Waals surface area contributed by atoms with Gasteiger partial charge in [-0.1, -0.05) is 0 Å². The summed E-state index contributed by atoms with van der Waals surface area (Å²) in [5, 5.41) is 0. The van der Waals surface area contributed by atoms with Gasteiger partial charge in [0, 0.05) is 19.6 Å². The molecule has 0 N–H and O–H groups in total. The van der Waals surface area contributed by atoms with Crippen molar-refractivity contribution in [3.8, 4) is 0 Å². The normalized spacial score (nSPS) is 9.97. The summed E-state index contributed by atoms with van der Waals surface area (Å²) in [5.74, 6) is 0. The topological polar surface area (TPSA) is 9.72 Å². The fourth-order valence-corrected chi connectivity index (χ4v) is 2.61. The van der Waals surface area contributed by atoms with E-state index in [0.29, 0.717) is 0 Å². The molecule has 3 nitrogen and oxygen atoms in total. The van der Waals surface area contributed by atoms with E-state index >= 15 is 0 Å². The van der Waals surface area contributed by atoms with Crippen LogP contribution in [0, 0.1) is 55.1 Å². The van der Waals surface area contributed by atoms with Gasteiger partial charge in [0.05, 0.1) is 0 Å². The van der Waals surface area contributed by atoms with Crippen LogP contribution in [0.4, 0.5) is 0 Å². The molecule has 0 heterocycles. The van der Waals surface area contributed by atoms with Gasteiger partial charge >= 0.3 is 36.9 Å². The maximum absolute atomic E-state index is 3.16. The van der Waals surface area contributed by atoms with E-state index in [1.54, 1.807) is 0 Å². The average Bonchev–Trinajstić information content (AvgIpc) is 2.70. The van der Waals surface area contributed by atoms with Gasteiger partial charge in [0.15, 0.2) is 0 Å². The number of hydrogen-bond donors (Lipinski definition) is 0. The SMILES string of the molecule is CN(C)Cc1[c-]cccc1.CN(C)Cc1[c-]cccc1.CN(C)Cc1[c-]cccc1.[Lu+3]. The van der Waals surface area contributed by atoms with E-state index in [9.17, 15) is 0 Å². The van der Waals surface area contributed by atoms with E-state index in [-0.39, 0.29) is 36.9 Å². The molecule has 0 aliphatic rings. The van der Waals surface area contributed by atoms with Crippen LogP contribution in [0.5, 0.6) is 0 Å². The zero-order valence-electron chi connectivity index (χ0n) is 19.6. The van der Waals surface area contributed by atoms with Gasteiger partial charge in [-0.05, 0) is 42.3 Å². The van der Waals surface area contributed by atoms with Crippen LogP contribution >= 0.6 is 0 Å². The van der Waals surface area contributed by atoms with Gasteiger partial charge in [0.1, 0.15) is 0 Å². The predicted octanol–water partition coefficient (Wildman–Crippen LogP) is 4.65. The van der Waals surface area contributed by atoms with Crippen molar-refractivity contribution in [2.75, 3.05) is 42.3 Å². The zero-order chi connectivity index (χ0) is 22.2. The molecule has 0 bridgehead atoms. The summed E-state index contributed by atoms with van der Waals surface area (Å²) in [6.07, 6.45) is 0. The van der Waals surface area contributed by atoms with Gasteiger partial charge in [-0.3, -0.25) is 0 Å². The first-order valence-corrected chi connectivity index (χ1v) is 10.2. The molecule has 0 atom stereocenters. The second-order valence-electron chi connectivity index (χ2n) is 7.88. The van der Waals surface area contributed by atoms with Crippen molar-refractivity contribution in [3.63, 3.8) is 0 Å². The van der Waals surface area contributed by atoms with E-state index in [1.807, 2.05) is 54.6 Å². The van der Waals surface area contributed by atoms with Crippen molar-refractivity contribution < 1.29 is 36.9 Å². The molecule has 174 valence electrons. The molecule has 3 rings (SSSR count). The summed E-state index contributed by atoms with van der Waals surface area (Å²) in [7, 11) is 12.3. The summed E-state index contributed by atoms with van der Waals surface area (Å²) >= 11 is 0. The Morgan fingerprint density at radius 2 is 0.742 bits per heavy atom. The van der Waals surface area contributed by atoms with Gasteiger partial charge in [-0.25, -0.2) is 0 Å². The Labute approximate surface area is 219 Å². The number of nitrogens with zero attached hydrogens (tertiary/aromatic N) is 3. The minimum Gasteiger partial charge on any atom is -0.307 e. The minimum absolute atomic E-state index is 0. The first kappa shape index (κ1) is 29.8. The van der Waals surface area contributed by atoms with Crippen molar-refractivity contribution in [2.45, 2.75) is 19.6 Å². The summed E-state index contributed by atoms with van der Waals surface area (Å²) in [6, 6.07) is 33.6. The fraction of sp³-hybridized carbons (Fsp3) is 0.333. The maximum Gasteiger partial charge on any atom is 3.00 e. The van der Waals surface area contributed by atoms with Crippen molar-refractivity contribution in [2.24, 2.45) is 0 Å². The van der Waals surface area contributed by atoms with E-state index in [2.05, 4.69) is 93.4 Å². The van der Waals surface area contributed by atoms with Crippen LogP contribution in [-0.2, 0) is 19.6 Å². The van der Waals surface area contributed by atoms with Crippen LogP contribution in [0.2, 0.25) is 0 Å². The second-order valence-corrected chi connectivity index (χ2v) is 7.88. The molecule has 4 heteroatoms. The van der Waals surface area contributed by atoms with E-state index < -0.39 is 0 Å². The number of hydrogen-bond acceptors (Lipinski definition) is 3. The Balaban J connectivity index is 0.000000429. The average molecular weight is 578 g/mol. The third-order valence-electron chi connectivity index (χ3n) is 3.78. The molecule has 0 radical (unpaired) electrons. The molecule has 3 aromatic carbocycles. The molecule has 0 amide bonds. The number of rotatable bonds is 6. The molecular weight excluding hydrogens is 541 g/mol. The summed E-state index contributed by atoms with van der Waals surface area (Å²) in [5.41, 5.74) is 3.73. The van der Waals surface area contributed by atoms with E-state index in [4.69, 9.17) is 0 Å². The third-order valence-corrected chi connectivity index (χ3v) is 3.78. The molecule has 0 fully saturated rings. The minimum atomic E-state index is 0. The second kappa shape index (κ2) is 18.4. The predicted molar refractivity (Wildman–Crippen MR) is 128 cm³/mol. The largest absolute Gasteiger partial charge is 3.00 e. The van der Waals surface area contributed by atoms with Gasteiger partial charge in [-0.2, -0.15) is 91.0 Å². The molecule has 0 spiro atoms. The van der Waals surface area contributed by atoms with Gasteiger partial charge < -0.3 is 14.7 Å². The molecular formula is C27H36LuN3. The van der Waals surface area contributed by atoms with E-state index in [1.165, 1.54) is 16.7 Å². The summed E-state index contributed by atoms with van der Waals surface area (Å²) < 4.78 is 0. The van der Waals surface area contributed by atoms with Gasteiger partial charge in [0.25, 0.3) is 0 Å². The van der Waals surface area contributed by atoms with Crippen LogP contribution in [0.15, 0.2) is 72.8 Å². The molecule has 31 heavy (non-hydrogen) atoms. The van der Waals surface area contributed by atoms with Crippen LogP contribution in [-0.4, -0.2) is 57.0 Å². The van der Waals surface area contributed by atoms with Crippen LogP contribution in [0.1, 0.15) is 16.7 Å². The summed E-state index contributed by atoms with van der Waals surface area (Å²) in [4.78, 5) is 6.39. The molecule has 0 unspecified atom stereocenters. The van der Waals surface area contributed by atoms with Crippen LogP contribution in [0.3, 0.4) is 0 Å². The molecule has 3 aromatic rings. The van der Waals surface area contributed by atoms with Crippen molar-refractivity contribution in [1.82, 2.24) is 14.7 Å². The fourth-order valence-electron chi connectivity index (χ4n) is 2.61. The monoisotopic (exact) mass is 577 g/mol. The van der Waals surface area contributed by atoms with Crippen molar-refractivity contribution >= 4 is 0 Å². The zero-order valence-corrected chi connectivity index (χ0v) is 21.3. The smallest absolute Gasteiger partial charge is 0.307 e. The standard InChI is InChI=1S/3C9H12N.Lu/c3*1-10(2)8-9-6-4-3-5-7-9;/h3*3-6H,8H2,1-2H3;/q3*-1;+3. The third kappa shape index (κ3) is 17.1. The Kier molecular flexibility index (Phi) is 17.6.